The van der Waals surface area contributed by atoms with Gasteiger partial charge < -0.3 is 18.9 Å². The van der Waals surface area contributed by atoms with Gasteiger partial charge in [0, 0.05) is 37.0 Å². The fraction of sp³-hybridized carbons (Fsp3) is 0.350. The minimum Gasteiger partial charge on any atom is -0.436 e. The molecular formula is C40H54N2O4Si3. The van der Waals surface area contributed by atoms with Crippen molar-refractivity contribution < 1.29 is 17.8 Å². The van der Waals surface area contributed by atoms with Crippen molar-refractivity contribution in [2.24, 2.45) is 11.8 Å². The van der Waals surface area contributed by atoms with Gasteiger partial charge in [0.15, 0.2) is 16.6 Å². The SMILES string of the molecule is C[Si](C)(C)O[Si](C[C@@H](Cc1ccccc1)C(=O)NCc1ccccc1)(C[C@@H](Cc1ccccc1)C(=O)NCc1ccccc1)O[Si](C)(C)C. The number of hydrogen-bond donors (Lipinski definition) is 2. The summed E-state index contributed by atoms with van der Waals surface area (Å²) in [7, 11) is -7.69. The molecule has 0 fully saturated rings. The Morgan fingerprint density at radius 2 is 0.776 bits per heavy atom. The molecule has 49 heavy (non-hydrogen) atoms. The molecule has 2 amide bonds. The first kappa shape index (κ1) is 38.2. The topological polar surface area (TPSA) is 76.7 Å². The number of hydrogen-bond acceptors (Lipinski definition) is 4. The van der Waals surface area contributed by atoms with E-state index >= 15 is 0 Å². The highest BCUT2D eigenvalue weighted by Crippen LogP contribution is 2.36. The van der Waals surface area contributed by atoms with E-state index in [4.69, 9.17) is 8.23 Å². The average Bonchev–Trinajstić information content (AvgIpc) is 3.06. The Bertz CT molecular complexity index is 1460. The van der Waals surface area contributed by atoms with Gasteiger partial charge in [-0.15, -0.1) is 0 Å². The molecule has 0 saturated carbocycles. The number of carbonyl (C=O) groups excluding carboxylic acids is 2. The van der Waals surface area contributed by atoms with Crippen molar-refractivity contribution in [3.8, 4) is 0 Å². The van der Waals surface area contributed by atoms with Crippen molar-refractivity contribution in [1.82, 2.24) is 10.6 Å². The van der Waals surface area contributed by atoms with Crippen LogP contribution in [0.3, 0.4) is 0 Å². The Hall–Kier alpha value is -3.61. The van der Waals surface area contributed by atoms with Gasteiger partial charge in [-0.2, -0.15) is 0 Å². The summed E-state index contributed by atoms with van der Waals surface area (Å²) < 4.78 is 14.6. The predicted octanol–water partition coefficient (Wildman–Crippen LogP) is 8.48. The van der Waals surface area contributed by atoms with Crippen LogP contribution < -0.4 is 10.6 Å². The summed E-state index contributed by atoms with van der Waals surface area (Å²) >= 11 is 0. The Balaban J connectivity index is 1.73. The smallest absolute Gasteiger partial charge is 0.319 e. The first-order chi connectivity index (χ1) is 23.3. The lowest BCUT2D eigenvalue weighted by molar-refractivity contribution is -0.125. The third-order valence-corrected chi connectivity index (χ3v) is 18.2. The molecule has 4 aromatic carbocycles. The molecule has 0 unspecified atom stereocenters. The monoisotopic (exact) mass is 710 g/mol. The molecule has 0 saturated heterocycles. The fourth-order valence-corrected chi connectivity index (χ4v) is 19.4. The highest BCUT2D eigenvalue weighted by atomic mass is 28.5. The van der Waals surface area contributed by atoms with Gasteiger partial charge in [0.25, 0.3) is 0 Å². The first-order valence-corrected chi connectivity index (χ1v) is 26.5. The van der Waals surface area contributed by atoms with Crippen LogP contribution in [-0.2, 0) is 43.8 Å². The molecule has 9 heteroatoms. The van der Waals surface area contributed by atoms with Crippen LogP contribution in [0, 0.1) is 11.8 Å². The van der Waals surface area contributed by atoms with Crippen molar-refractivity contribution >= 4 is 37.0 Å². The van der Waals surface area contributed by atoms with E-state index in [1.165, 1.54) is 0 Å². The molecule has 0 spiro atoms. The number of nitrogens with one attached hydrogen (secondary N) is 2. The van der Waals surface area contributed by atoms with Crippen molar-refractivity contribution in [2.75, 3.05) is 0 Å². The van der Waals surface area contributed by atoms with E-state index in [1.807, 2.05) is 97.1 Å². The molecule has 260 valence electrons. The van der Waals surface area contributed by atoms with Crippen LogP contribution in [0.15, 0.2) is 121 Å². The number of benzene rings is 4. The second-order valence-electron chi connectivity index (χ2n) is 14.9. The molecule has 0 aliphatic heterocycles. The highest BCUT2D eigenvalue weighted by molar-refractivity contribution is 6.88. The summed E-state index contributed by atoms with van der Waals surface area (Å²) in [6.07, 6.45) is 1.12. The first-order valence-electron chi connectivity index (χ1n) is 17.4. The Labute approximate surface area is 297 Å². The molecule has 4 aromatic rings. The zero-order valence-electron chi connectivity index (χ0n) is 30.1. The summed E-state index contributed by atoms with van der Waals surface area (Å²) in [5.41, 5.74) is 4.28. The van der Waals surface area contributed by atoms with Gasteiger partial charge in [0.05, 0.1) is 0 Å². The molecule has 2 N–H and O–H groups in total. The van der Waals surface area contributed by atoms with Gasteiger partial charge in [0.2, 0.25) is 11.8 Å². The average molecular weight is 711 g/mol. The zero-order valence-corrected chi connectivity index (χ0v) is 33.1. The van der Waals surface area contributed by atoms with E-state index in [-0.39, 0.29) is 11.8 Å². The molecule has 4 rings (SSSR count). The normalized spacial score (nSPS) is 13.3. The van der Waals surface area contributed by atoms with Crippen LogP contribution in [0.25, 0.3) is 0 Å². The third-order valence-electron chi connectivity index (χ3n) is 8.11. The van der Waals surface area contributed by atoms with Gasteiger partial charge in [-0.05, 0) is 74.4 Å². The molecule has 0 aliphatic carbocycles. The molecule has 0 radical (unpaired) electrons. The fourth-order valence-electron chi connectivity index (χ4n) is 6.31. The number of rotatable bonds is 18. The number of amides is 2. The molecule has 6 nitrogen and oxygen atoms in total. The van der Waals surface area contributed by atoms with E-state index < -0.39 is 37.0 Å². The summed E-state index contributed by atoms with van der Waals surface area (Å²) in [6, 6.07) is 41.3. The van der Waals surface area contributed by atoms with Crippen molar-refractivity contribution in [2.45, 2.75) is 77.3 Å². The van der Waals surface area contributed by atoms with Gasteiger partial charge in [-0.3, -0.25) is 9.59 Å². The predicted molar refractivity (Wildman–Crippen MR) is 208 cm³/mol. The number of carbonyl (C=O) groups is 2. The van der Waals surface area contributed by atoms with Crippen LogP contribution in [0.5, 0.6) is 0 Å². The highest BCUT2D eigenvalue weighted by Gasteiger charge is 2.49. The van der Waals surface area contributed by atoms with Crippen LogP contribution in [-0.4, -0.2) is 37.0 Å². The Morgan fingerprint density at radius 3 is 1.06 bits per heavy atom. The Morgan fingerprint density at radius 1 is 0.490 bits per heavy atom. The van der Waals surface area contributed by atoms with Gasteiger partial charge >= 0.3 is 8.56 Å². The lowest BCUT2D eigenvalue weighted by Crippen LogP contribution is -2.58. The standard InChI is InChI=1S/C40H54N2O4Si3/c1-47(2,3)45-49(46-48(4,5)6,31-37(27-33-19-11-7-12-20-33)39(43)41-29-35-23-15-9-16-24-35)32-38(28-34-21-13-8-14-22-34)40(44)42-30-36-25-17-10-18-26-36/h7-26,37-38H,27-32H2,1-6H3,(H,41,43)(H,42,44)/t37-,38-/m1/s1. The molecular weight excluding hydrogens is 657 g/mol. The van der Waals surface area contributed by atoms with Gasteiger partial charge in [0.1, 0.15) is 0 Å². The van der Waals surface area contributed by atoms with E-state index in [9.17, 15) is 9.59 Å². The molecule has 0 heterocycles. The lowest BCUT2D eigenvalue weighted by atomic mass is 9.99. The zero-order chi connectivity index (χ0) is 35.3. The summed E-state index contributed by atoms with van der Waals surface area (Å²) in [5.74, 6) is -0.822. The second kappa shape index (κ2) is 17.9. The maximum Gasteiger partial charge on any atom is 0.319 e. The van der Waals surface area contributed by atoms with E-state index in [0.29, 0.717) is 38.0 Å². The van der Waals surface area contributed by atoms with Crippen LogP contribution in [0.1, 0.15) is 22.3 Å². The Kier molecular flexibility index (Phi) is 13.9. The van der Waals surface area contributed by atoms with Crippen LogP contribution in [0.4, 0.5) is 0 Å². The van der Waals surface area contributed by atoms with Crippen LogP contribution in [0.2, 0.25) is 51.4 Å². The molecule has 2 atom stereocenters. The van der Waals surface area contributed by atoms with Crippen molar-refractivity contribution in [3.63, 3.8) is 0 Å². The van der Waals surface area contributed by atoms with Gasteiger partial charge in [-0.1, -0.05) is 121 Å². The minimum absolute atomic E-state index is 0.0175. The summed E-state index contributed by atoms with van der Waals surface area (Å²) in [5, 5.41) is 6.48. The molecule has 0 bridgehead atoms. The summed E-state index contributed by atoms with van der Waals surface area (Å²) in [6.45, 7) is 14.0. The maximum atomic E-state index is 14.2. The van der Waals surface area contributed by atoms with Crippen LogP contribution >= 0.6 is 0 Å². The maximum absolute atomic E-state index is 14.2. The quantitative estimate of drug-likeness (QED) is 0.102. The summed E-state index contributed by atoms with van der Waals surface area (Å²) in [4.78, 5) is 28.5. The van der Waals surface area contributed by atoms with E-state index in [1.54, 1.807) is 0 Å². The lowest BCUT2D eigenvalue weighted by Gasteiger charge is -2.43. The van der Waals surface area contributed by atoms with Gasteiger partial charge in [-0.25, -0.2) is 0 Å². The largest absolute Gasteiger partial charge is 0.436 e. The third kappa shape index (κ3) is 13.7. The van der Waals surface area contributed by atoms with Crippen molar-refractivity contribution in [3.05, 3.63) is 144 Å². The van der Waals surface area contributed by atoms with E-state index in [0.717, 1.165) is 22.3 Å². The second-order valence-corrected chi connectivity index (χ2v) is 27.6. The van der Waals surface area contributed by atoms with E-state index in [2.05, 4.69) is 74.2 Å². The van der Waals surface area contributed by atoms with Crippen molar-refractivity contribution in [1.29, 1.82) is 0 Å². The minimum atomic E-state index is -3.24. The molecule has 0 aliphatic rings. The molecule has 0 aromatic heterocycles.